The monoisotopic (exact) mass is 368 g/mol. The predicted octanol–water partition coefficient (Wildman–Crippen LogP) is 3.39. The molecule has 2 N–H and O–H groups in total. The van der Waals surface area contributed by atoms with Crippen LogP contribution >= 0.6 is 23.4 Å². The molecule has 0 bridgehead atoms. The third-order valence-electron chi connectivity index (χ3n) is 3.22. The molecule has 1 amide bonds. The smallest absolute Gasteiger partial charge is 0.233 e. The normalized spacial score (nSPS) is 12.2. The number of ether oxygens (including phenoxy) is 1. The number of halogens is 1. The number of aromatic nitrogens is 3. The number of aromatic amines is 1. The summed E-state index contributed by atoms with van der Waals surface area (Å²) in [6.45, 7) is 6.59. The van der Waals surface area contributed by atoms with Crippen LogP contribution in [0.1, 0.15) is 20.8 Å². The van der Waals surface area contributed by atoms with Crippen molar-refractivity contribution in [1.82, 2.24) is 20.5 Å². The molecule has 0 aliphatic heterocycles. The quantitative estimate of drug-likeness (QED) is 0.732. The molecule has 1 aromatic carbocycles. The summed E-state index contributed by atoms with van der Waals surface area (Å²) in [5.74, 6) is 1.58. The number of nitrogens with one attached hydrogen (secondary N) is 2. The maximum atomic E-state index is 12.0. The first-order valence-corrected chi connectivity index (χ1v) is 8.87. The van der Waals surface area contributed by atoms with Crippen molar-refractivity contribution in [3.05, 3.63) is 23.2 Å². The first kappa shape index (κ1) is 18.6. The maximum absolute atomic E-state index is 12.0. The van der Waals surface area contributed by atoms with Gasteiger partial charge >= 0.3 is 0 Å². The molecular formula is C16H21ClN4O2S. The summed E-state index contributed by atoms with van der Waals surface area (Å²) in [6.07, 6.45) is 0. The molecule has 0 unspecified atom stereocenters. The van der Waals surface area contributed by atoms with E-state index >= 15 is 0 Å². The average Bonchev–Trinajstić information content (AvgIpc) is 3.00. The lowest BCUT2D eigenvalue weighted by atomic mass is 10.2. The molecule has 0 radical (unpaired) electrons. The third-order valence-corrected chi connectivity index (χ3v) is 4.41. The van der Waals surface area contributed by atoms with Gasteiger partial charge < -0.3 is 10.1 Å². The molecule has 2 rings (SSSR count). The highest BCUT2D eigenvalue weighted by Gasteiger charge is 2.18. The SMILES string of the molecule is COc1ccc(Cl)cc1-c1nc(S[C@@H](C)C(=O)NCC(C)C)n[nH]1. The zero-order valence-electron chi connectivity index (χ0n) is 14.1. The van der Waals surface area contributed by atoms with Crippen LogP contribution < -0.4 is 10.1 Å². The third kappa shape index (κ3) is 4.88. The van der Waals surface area contributed by atoms with Gasteiger partial charge in [0.15, 0.2) is 5.82 Å². The van der Waals surface area contributed by atoms with E-state index in [0.717, 1.165) is 5.56 Å². The summed E-state index contributed by atoms with van der Waals surface area (Å²) in [5, 5.41) is 10.7. The van der Waals surface area contributed by atoms with E-state index in [9.17, 15) is 4.79 Å². The van der Waals surface area contributed by atoms with Crippen molar-refractivity contribution in [2.75, 3.05) is 13.7 Å². The standard InChI is InChI=1S/C16H21ClN4O2S/c1-9(2)8-18-15(22)10(3)24-16-19-14(20-21-16)12-7-11(17)5-6-13(12)23-4/h5-7,9-10H,8H2,1-4H3,(H,18,22)(H,19,20,21)/t10-/m0/s1. The van der Waals surface area contributed by atoms with Gasteiger partial charge in [-0.2, -0.15) is 0 Å². The molecular weight excluding hydrogens is 348 g/mol. The molecule has 0 spiro atoms. The molecule has 2 aromatic rings. The first-order valence-electron chi connectivity index (χ1n) is 7.61. The van der Waals surface area contributed by atoms with Crippen LogP contribution in [0.5, 0.6) is 5.75 Å². The van der Waals surface area contributed by atoms with E-state index in [-0.39, 0.29) is 11.2 Å². The molecule has 0 saturated heterocycles. The van der Waals surface area contributed by atoms with Crippen LogP contribution in [0.25, 0.3) is 11.4 Å². The van der Waals surface area contributed by atoms with E-state index in [2.05, 4.69) is 34.3 Å². The Hall–Kier alpha value is -1.73. The van der Waals surface area contributed by atoms with E-state index in [1.807, 2.05) is 6.92 Å². The van der Waals surface area contributed by atoms with Gasteiger partial charge in [0.1, 0.15) is 5.75 Å². The molecule has 1 atom stereocenters. The van der Waals surface area contributed by atoms with Crippen LogP contribution in [0.3, 0.4) is 0 Å². The summed E-state index contributed by atoms with van der Waals surface area (Å²) in [5.41, 5.74) is 0.723. The molecule has 6 nitrogen and oxygen atoms in total. The van der Waals surface area contributed by atoms with E-state index in [1.165, 1.54) is 11.8 Å². The Morgan fingerprint density at radius 3 is 2.83 bits per heavy atom. The second kappa shape index (κ2) is 8.39. The first-order chi connectivity index (χ1) is 11.4. The number of carbonyl (C=O) groups excluding carboxylic acids is 1. The van der Waals surface area contributed by atoms with Crippen LogP contribution in [0.2, 0.25) is 5.02 Å². The molecule has 0 fully saturated rings. The van der Waals surface area contributed by atoms with Gasteiger partial charge in [0, 0.05) is 11.6 Å². The van der Waals surface area contributed by atoms with Crippen molar-refractivity contribution in [3.8, 4) is 17.1 Å². The number of carbonyl (C=O) groups is 1. The number of hydrogen-bond donors (Lipinski definition) is 2. The van der Waals surface area contributed by atoms with Gasteiger partial charge in [-0.25, -0.2) is 4.98 Å². The lowest BCUT2D eigenvalue weighted by molar-refractivity contribution is -0.120. The second-order valence-electron chi connectivity index (χ2n) is 5.71. The average molecular weight is 369 g/mol. The predicted molar refractivity (Wildman–Crippen MR) is 96.5 cm³/mol. The van der Waals surface area contributed by atoms with Crippen molar-refractivity contribution in [2.24, 2.45) is 5.92 Å². The summed E-state index contributed by atoms with van der Waals surface area (Å²) in [7, 11) is 1.58. The minimum atomic E-state index is -0.284. The van der Waals surface area contributed by atoms with Gasteiger partial charge in [0.25, 0.3) is 0 Å². The molecule has 8 heteroatoms. The zero-order valence-corrected chi connectivity index (χ0v) is 15.7. The number of H-pyrrole nitrogens is 1. The second-order valence-corrected chi connectivity index (χ2v) is 7.45. The fourth-order valence-electron chi connectivity index (χ4n) is 1.94. The molecule has 1 heterocycles. The van der Waals surface area contributed by atoms with Crippen LogP contribution in [0, 0.1) is 5.92 Å². The number of nitrogens with zero attached hydrogens (tertiary/aromatic N) is 2. The van der Waals surface area contributed by atoms with Crippen LogP contribution in [0.15, 0.2) is 23.4 Å². The summed E-state index contributed by atoms with van der Waals surface area (Å²) in [4.78, 5) is 16.5. The highest BCUT2D eigenvalue weighted by molar-refractivity contribution is 8.00. The highest BCUT2D eigenvalue weighted by atomic mass is 35.5. The highest BCUT2D eigenvalue weighted by Crippen LogP contribution is 2.31. The Bertz CT molecular complexity index is 705. The summed E-state index contributed by atoms with van der Waals surface area (Å²) < 4.78 is 5.32. The van der Waals surface area contributed by atoms with Crippen molar-refractivity contribution in [1.29, 1.82) is 0 Å². The van der Waals surface area contributed by atoms with Crippen LogP contribution in [0.4, 0.5) is 0 Å². The number of benzene rings is 1. The van der Waals surface area contributed by atoms with E-state index in [4.69, 9.17) is 16.3 Å². The number of thioether (sulfide) groups is 1. The topological polar surface area (TPSA) is 79.9 Å². The maximum Gasteiger partial charge on any atom is 0.233 e. The van der Waals surface area contributed by atoms with E-state index < -0.39 is 0 Å². The lowest BCUT2D eigenvalue weighted by Gasteiger charge is -2.11. The van der Waals surface area contributed by atoms with Gasteiger partial charge in [-0.05, 0) is 31.0 Å². The fourth-order valence-corrected chi connectivity index (χ4v) is 2.87. The Labute approximate surface area is 150 Å². The van der Waals surface area contributed by atoms with Crippen LogP contribution in [-0.2, 0) is 4.79 Å². The van der Waals surface area contributed by atoms with Gasteiger partial charge in [-0.15, -0.1) is 5.10 Å². The molecule has 0 saturated carbocycles. The minimum absolute atomic E-state index is 0.0274. The molecule has 24 heavy (non-hydrogen) atoms. The number of hydrogen-bond acceptors (Lipinski definition) is 5. The molecule has 130 valence electrons. The Kier molecular flexibility index (Phi) is 6.51. The van der Waals surface area contributed by atoms with Gasteiger partial charge in [-0.3, -0.25) is 9.89 Å². The van der Waals surface area contributed by atoms with Gasteiger partial charge in [0.2, 0.25) is 11.1 Å². The largest absolute Gasteiger partial charge is 0.496 e. The van der Waals surface area contributed by atoms with E-state index in [1.54, 1.807) is 25.3 Å². The van der Waals surface area contributed by atoms with Crippen LogP contribution in [-0.4, -0.2) is 40.0 Å². The van der Waals surface area contributed by atoms with Gasteiger partial charge in [-0.1, -0.05) is 37.2 Å². The van der Waals surface area contributed by atoms with Gasteiger partial charge in [0.05, 0.1) is 17.9 Å². The Morgan fingerprint density at radius 1 is 1.42 bits per heavy atom. The van der Waals surface area contributed by atoms with Crippen molar-refractivity contribution < 1.29 is 9.53 Å². The molecule has 0 aliphatic rings. The number of methoxy groups -OCH3 is 1. The Balaban J connectivity index is 2.08. The fraction of sp³-hybridized carbons (Fsp3) is 0.438. The lowest BCUT2D eigenvalue weighted by Crippen LogP contribution is -2.33. The molecule has 1 aromatic heterocycles. The number of rotatable bonds is 7. The van der Waals surface area contributed by atoms with E-state index in [0.29, 0.717) is 34.2 Å². The minimum Gasteiger partial charge on any atom is -0.496 e. The van der Waals surface area contributed by atoms with Crippen molar-refractivity contribution in [2.45, 2.75) is 31.2 Å². The van der Waals surface area contributed by atoms with Crippen molar-refractivity contribution >= 4 is 29.3 Å². The summed E-state index contributed by atoms with van der Waals surface area (Å²) >= 11 is 7.34. The molecule has 0 aliphatic carbocycles. The zero-order chi connectivity index (χ0) is 17.7. The Morgan fingerprint density at radius 2 is 2.17 bits per heavy atom. The number of amides is 1. The van der Waals surface area contributed by atoms with Crippen molar-refractivity contribution in [3.63, 3.8) is 0 Å². The summed E-state index contributed by atoms with van der Waals surface area (Å²) in [6, 6.07) is 5.28.